The molecule has 1 rings (SSSR count). The van der Waals surface area contributed by atoms with Crippen LogP contribution in [-0.4, -0.2) is 18.0 Å². The minimum atomic E-state index is 0.531. The number of nitrogens with zero attached hydrogens (tertiary/aromatic N) is 2. The van der Waals surface area contributed by atoms with Gasteiger partial charge in [0.1, 0.15) is 0 Å². The molecule has 70 valence electrons. The van der Waals surface area contributed by atoms with Gasteiger partial charge in [0.15, 0.2) is 0 Å². The molecule has 1 aromatic heterocycles. The van der Waals surface area contributed by atoms with E-state index >= 15 is 0 Å². The summed E-state index contributed by atoms with van der Waals surface area (Å²) in [5.41, 5.74) is 1.31. The summed E-state index contributed by atoms with van der Waals surface area (Å²) in [7, 11) is 0. The minimum Gasteiger partial charge on any atom is -0.286 e. The molecule has 0 saturated carbocycles. The summed E-state index contributed by atoms with van der Waals surface area (Å²) in [5, 5.41) is 12.8. The lowest BCUT2D eigenvalue weighted by molar-refractivity contribution is 0.299. The van der Waals surface area contributed by atoms with E-state index < -0.39 is 0 Å². The third-order valence-corrected chi connectivity index (χ3v) is 2.55. The van der Waals surface area contributed by atoms with Crippen LogP contribution in [0.3, 0.4) is 0 Å². The van der Waals surface area contributed by atoms with Gasteiger partial charge < -0.3 is 0 Å². The van der Waals surface area contributed by atoms with Crippen molar-refractivity contribution in [2.45, 2.75) is 19.9 Å². The molecule has 3 heteroatoms. The monoisotopic (exact) mass is 194 g/mol. The maximum atomic E-state index is 8.60. The zero-order valence-electron chi connectivity index (χ0n) is 7.86. The van der Waals surface area contributed by atoms with E-state index in [0.29, 0.717) is 6.54 Å². The summed E-state index contributed by atoms with van der Waals surface area (Å²) >= 11 is 1.71. The smallest absolute Gasteiger partial charge is 0.0868 e. The highest BCUT2D eigenvalue weighted by atomic mass is 32.1. The number of nitriles is 1. The summed E-state index contributed by atoms with van der Waals surface area (Å²) in [5.74, 6) is 0. The van der Waals surface area contributed by atoms with Crippen LogP contribution in [0.1, 0.15) is 18.9 Å². The second-order valence-corrected chi connectivity index (χ2v) is 3.78. The van der Waals surface area contributed by atoms with Crippen LogP contribution in [0.2, 0.25) is 0 Å². The van der Waals surface area contributed by atoms with Crippen molar-refractivity contribution in [3.8, 4) is 6.07 Å². The van der Waals surface area contributed by atoms with Crippen LogP contribution in [0.4, 0.5) is 0 Å². The van der Waals surface area contributed by atoms with Gasteiger partial charge in [-0.2, -0.15) is 16.6 Å². The molecule has 0 N–H and O–H groups in total. The van der Waals surface area contributed by atoms with Gasteiger partial charge in [-0.1, -0.05) is 6.92 Å². The Balaban J connectivity index is 2.43. The molecule has 0 unspecified atom stereocenters. The van der Waals surface area contributed by atoms with E-state index in [2.05, 4.69) is 34.7 Å². The SMILES string of the molecule is CCCN(CC#N)Cc1ccsc1. The molecule has 1 heterocycles. The first kappa shape index (κ1) is 10.2. The van der Waals surface area contributed by atoms with Crippen LogP contribution >= 0.6 is 11.3 Å². The van der Waals surface area contributed by atoms with Gasteiger partial charge in [-0.05, 0) is 35.4 Å². The Bertz CT molecular complexity index is 261. The van der Waals surface area contributed by atoms with Crippen molar-refractivity contribution in [1.29, 1.82) is 5.26 Å². The van der Waals surface area contributed by atoms with E-state index in [1.54, 1.807) is 11.3 Å². The predicted molar refractivity (Wildman–Crippen MR) is 55.5 cm³/mol. The number of rotatable bonds is 5. The molecule has 0 atom stereocenters. The van der Waals surface area contributed by atoms with Gasteiger partial charge in [-0.15, -0.1) is 0 Å². The molecule has 2 nitrogen and oxygen atoms in total. The Morgan fingerprint density at radius 1 is 1.62 bits per heavy atom. The van der Waals surface area contributed by atoms with Gasteiger partial charge in [-0.3, -0.25) is 4.90 Å². The molecule has 1 aromatic rings. The molecule has 13 heavy (non-hydrogen) atoms. The Hall–Kier alpha value is -0.850. The quantitative estimate of drug-likeness (QED) is 0.673. The second kappa shape index (κ2) is 5.74. The highest BCUT2D eigenvalue weighted by Gasteiger charge is 2.03. The van der Waals surface area contributed by atoms with Crippen LogP contribution < -0.4 is 0 Å². The van der Waals surface area contributed by atoms with Gasteiger partial charge in [0.25, 0.3) is 0 Å². The van der Waals surface area contributed by atoms with Crippen molar-refractivity contribution in [1.82, 2.24) is 4.90 Å². The van der Waals surface area contributed by atoms with Crippen LogP contribution in [0, 0.1) is 11.3 Å². The average Bonchev–Trinajstić information content (AvgIpc) is 2.58. The third-order valence-electron chi connectivity index (χ3n) is 1.82. The fourth-order valence-corrected chi connectivity index (χ4v) is 1.93. The van der Waals surface area contributed by atoms with Gasteiger partial charge in [0.05, 0.1) is 12.6 Å². The summed E-state index contributed by atoms with van der Waals surface area (Å²) in [6, 6.07) is 4.31. The van der Waals surface area contributed by atoms with Crippen LogP contribution in [0.25, 0.3) is 0 Å². The molecule has 0 aliphatic heterocycles. The molecule has 0 aromatic carbocycles. The largest absolute Gasteiger partial charge is 0.286 e. The van der Waals surface area contributed by atoms with E-state index in [1.165, 1.54) is 5.56 Å². The number of hydrogen-bond donors (Lipinski definition) is 0. The molecular weight excluding hydrogens is 180 g/mol. The Morgan fingerprint density at radius 2 is 2.46 bits per heavy atom. The zero-order chi connectivity index (χ0) is 9.52. The highest BCUT2D eigenvalue weighted by Crippen LogP contribution is 2.09. The van der Waals surface area contributed by atoms with E-state index in [0.717, 1.165) is 19.5 Å². The second-order valence-electron chi connectivity index (χ2n) is 3.00. The topological polar surface area (TPSA) is 27.0 Å². The Labute approximate surface area is 83.4 Å². The van der Waals surface area contributed by atoms with E-state index in [-0.39, 0.29) is 0 Å². The van der Waals surface area contributed by atoms with Crippen molar-refractivity contribution < 1.29 is 0 Å². The first-order valence-electron chi connectivity index (χ1n) is 4.47. The number of thiophene rings is 1. The molecule has 0 aliphatic carbocycles. The van der Waals surface area contributed by atoms with Crippen molar-refractivity contribution in [3.63, 3.8) is 0 Å². The fraction of sp³-hybridized carbons (Fsp3) is 0.500. The summed E-state index contributed by atoms with van der Waals surface area (Å²) in [4.78, 5) is 2.17. The van der Waals surface area contributed by atoms with E-state index in [1.807, 2.05) is 0 Å². The highest BCUT2D eigenvalue weighted by molar-refractivity contribution is 7.07. The molecule has 0 bridgehead atoms. The molecule has 0 fully saturated rings. The third kappa shape index (κ3) is 3.58. The minimum absolute atomic E-state index is 0.531. The van der Waals surface area contributed by atoms with Crippen LogP contribution in [0.5, 0.6) is 0 Å². The summed E-state index contributed by atoms with van der Waals surface area (Å²) in [6.07, 6.45) is 1.10. The standard InChI is InChI=1S/C10H14N2S/c1-2-5-12(6-4-11)8-10-3-7-13-9-10/h3,7,9H,2,5-6,8H2,1H3. The molecular formula is C10H14N2S. The maximum Gasteiger partial charge on any atom is 0.0868 e. The first-order chi connectivity index (χ1) is 6.36. The molecule has 0 spiro atoms. The van der Waals surface area contributed by atoms with Crippen molar-refractivity contribution in [2.75, 3.05) is 13.1 Å². The average molecular weight is 194 g/mol. The predicted octanol–water partition coefficient (Wildman–Crippen LogP) is 2.48. The Kier molecular flexibility index (Phi) is 4.52. The van der Waals surface area contributed by atoms with Gasteiger partial charge >= 0.3 is 0 Å². The normalized spacial score (nSPS) is 10.2. The zero-order valence-corrected chi connectivity index (χ0v) is 8.68. The van der Waals surface area contributed by atoms with Crippen LogP contribution in [0.15, 0.2) is 16.8 Å². The summed E-state index contributed by atoms with van der Waals surface area (Å²) < 4.78 is 0. The van der Waals surface area contributed by atoms with Crippen molar-refractivity contribution >= 4 is 11.3 Å². The lowest BCUT2D eigenvalue weighted by Gasteiger charge is -2.16. The van der Waals surface area contributed by atoms with Gasteiger partial charge in [-0.25, -0.2) is 0 Å². The molecule has 0 radical (unpaired) electrons. The van der Waals surface area contributed by atoms with Crippen LogP contribution in [-0.2, 0) is 6.54 Å². The van der Waals surface area contributed by atoms with E-state index in [9.17, 15) is 0 Å². The lowest BCUT2D eigenvalue weighted by Crippen LogP contribution is -2.24. The lowest BCUT2D eigenvalue weighted by atomic mass is 10.3. The van der Waals surface area contributed by atoms with Crippen molar-refractivity contribution in [2.24, 2.45) is 0 Å². The van der Waals surface area contributed by atoms with E-state index in [4.69, 9.17) is 5.26 Å². The maximum absolute atomic E-state index is 8.60. The van der Waals surface area contributed by atoms with Crippen molar-refractivity contribution in [3.05, 3.63) is 22.4 Å². The molecule has 0 amide bonds. The Morgan fingerprint density at radius 3 is 3.00 bits per heavy atom. The molecule has 0 saturated heterocycles. The van der Waals surface area contributed by atoms with Gasteiger partial charge in [0, 0.05) is 6.54 Å². The first-order valence-corrected chi connectivity index (χ1v) is 5.41. The number of hydrogen-bond acceptors (Lipinski definition) is 3. The summed E-state index contributed by atoms with van der Waals surface area (Å²) in [6.45, 7) is 4.58. The van der Waals surface area contributed by atoms with Gasteiger partial charge in [0.2, 0.25) is 0 Å². The fourth-order valence-electron chi connectivity index (χ4n) is 1.27. The molecule has 0 aliphatic rings.